The number of aliphatic hydroxyl groups excluding tert-OH is 1. The zero-order valence-electron chi connectivity index (χ0n) is 7.28. The van der Waals surface area contributed by atoms with Gasteiger partial charge in [-0.05, 0) is 24.5 Å². The van der Waals surface area contributed by atoms with E-state index in [4.69, 9.17) is 9.52 Å². The second kappa shape index (κ2) is 3.44. The third-order valence-electron chi connectivity index (χ3n) is 2.03. The van der Waals surface area contributed by atoms with Crippen molar-refractivity contribution in [1.82, 2.24) is 0 Å². The molecule has 0 aliphatic rings. The molecule has 1 aromatic heterocycles. The van der Waals surface area contributed by atoms with Gasteiger partial charge in [-0.3, -0.25) is 0 Å². The molecule has 2 rings (SSSR count). The molecule has 0 saturated heterocycles. The Kier molecular flexibility index (Phi) is 2.29. The van der Waals surface area contributed by atoms with Crippen molar-refractivity contribution >= 4 is 22.5 Å². The summed E-state index contributed by atoms with van der Waals surface area (Å²) in [5, 5.41) is 11.0. The number of thioether (sulfide) groups is 1. The first-order valence-electron chi connectivity index (χ1n) is 4.00. The summed E-state index contributed by atoms with van der Waals surface area (Å²) >= 11 is 1.70. The first-order valence-corrected chi connectivity index (χ1v) is 5.22. The van der Waals surface area contributed by atoms with Crippen LogP contribution in [0.1, 0.15) is 5.76 Å². The van der Waals surface area contributed by atoms with E-state index in [-0.39, 0.29) is 6.61 Å². The van der Waals surface area contributed by atoms with Gasteiger partial charge in [0.2, 0.25) is 0 Å². The Morgan fingerprint density at radius 3 is 3.00 bits per heavy atom. The van der Waals surface area contributed by atoms with Crippen molar-refractivity contribution < 1.29 is 9.52 Å². The van der Waals surface area contributed by atoms with E-state index >= 15 is 0 Å². The van der Waals surface area contributed by atoms with Crippen molar-refractivity contribution in [2.75, 3.05) is 6.26 Å². The number of aliphatic hydroxyl groups is 1. The van der Waals surface area contributed by atoms with Crippen molar-refractivity contribution in [3.63, 3.8) is 0 Å². The zero-order valence-corrected chi connectivity index (χ0v) is 8.10. The van der Waals surface area contributed by atoms with Crippen LogP contribution in [-0.4, -0.2) is 11.4 Å². The minimum Gasteiger partial charge on any atom is -0.466 e. The fourth-order valence-corrected chi connectivity index (χ4v) is 1.79. The van der Waals surface area contributed by atoms with E-state index in [1.54, 1.807) is 18.0 Å². The van der Waals surface area contributed by atoms with Gasteiger partial charge in [0.1, 0.15) is 12.4 Å². The standard InChI is InChI=1S/C10H10O2S/c1-13-8-2-3-9-7(4-8)6-12-10(9)5-11/h2-4,6,11H,5H2,1H3. The van der Waals surface area contributed by atoms with Crippen LogP contribution in [0.3, 0.4) is 0 Å². The third-order valence-corrected chi connectivity index (χ3v) is 2.76. The van der Waals surface area contributed by atoms with E-state index in [2.05, 4.69) is 6.07 Å². The number of rotatable bonds is 2. The highest BCUT2D eigenvalue weighted by Gasteiger charge is 2.04. The summed E-state index contributed by atoms with van der Waals surface area (Å²) in [7, 11) is 0. The fourth-order valence-electron chi connectivity index (χ4n) is 1.34. The molecule has 3 heteroatoms. The molecule has 0 spiro atoms. The van der Waals surface area contributed by atoms with Crippen LogP contribution in [0.5, 0.6) is 0 Å². The molecule has 0 aliphatic carbocycles. The summed E-state index contributed by atoms with van der Waals surface area (Å²) in [4.78, 5) is 1.21. The van der Waals surface area contributed by atoms with E-state index in [0.29, 0.717) is 5.76 Å². The molecule has 2 nitrogen and oxygen atoms in total. The van der Waals surface area contributed by atoms with Gasteiger partial charge in [0.15, 0.2) is 0 Å². The van der Waals surface area contributed by atoms with Crippen LogP contribution in [0.15, 0.2) is 33.8 Å². The maximum atomic E-state index is 8.95. The molecule has 0 fully saturated rings. The number of fused-ring (bicyclic) bond motifs is 1. The first kappa shape index (κ1) is 8.66. The van der Waals surface area contributed by atoms with Gasteiger partial charge in [0, 0.05) is 15.7 Å². The summed E-state index contributed by atoms with van der Waals surface area (Å²) < 4.78 is 5.20. The second-order valence-corrected chi connectivity index (χ2v) is 3.65. The molecule has 2 aromatic rings. The molecular formula is C10H10O2S. The molecule has 0 amide bonds. The van der Waals surface area contributed by atoms with Gasteiger partial charge in [-0.1, -0.05) is 0 Å². The van der Waals surface area contributed by atoms with Crippen LogP contribution in [0.25, 0.3) is 10.8 Å². The molecule has 1 N–H and O–H groups in total. The number of hydrogen-bond acceptors (Lipinski definition) is 3. The predicted molar refractivity (Wildman–Crippen MR) is 53.9 cm³/mol. The molecule has 0 radical (unpaired) electrons. The van der Waals surface area contributed by atoms with E-state index in [9.17, 15) is 0 Å². The molecular weight excluding hydrogens is 184 g/mol. The molecule has 0 atom stereocenters. The maximum Gasteiger partial charge on any atom is 0.136 e. The Balaban J connectivity index is 2.61. The first-order chi connectivity index (χ1) is 6.35. The van der Waals surface area contributed by atoms with Gasteiger partial charge >= 0.3 is 0 Å². The summed E-state index contributed by atoms with van der Waals surface area (Å²) in [6.07, 6.45) is 3.72. The van der Waals surface area contributed by atoms with Gasteiger partial charge in [-0.15, -0.1) is 11.8 Å². The third kappa shape index (κ3) is 1.45. The second-order valence-electron chi connectivity index (χ2n) is 2.77. The van der Waals surface area contributed by atoms with Crippen molar-refractivity contribution in [3.05, 3.63) is 30.2 Å². The van der Waals surface area contributed by atoms with Crippen LogP contribution in [0.4, 0.5) is 0 Å². The van der Waals surface area contributed by atoms with Crippen molar-refractivity contribution in [1.29, 1.82) is 0 Å². The Morgan fingerprint density at radius 1 is 1.46 bits per heavy atom. The normalized spacial score (nSPS) is 10.9. The Morgan fingerprint density at radius 2 is 2.31 bits per heavy atom. The quantitative estimate of drug-likeness (QED) is 0.746. The predicted octanol–water partition coefficient (Wildman–Crippen LogP) is 2.65. The van der Waals surface area contributed by atoms with E-state index in [1.165, 1.54) is 4.90 Å². The Hall–Kier alpha value is -0.930. The lowest BCUT2D eigenvalue weighted by Crippen LogP contribution is -1.78. The van der Waals surface area contributed by atoms with Crippen LogP contribution >= 0.6 is 11.8 Å². The average molecular weight is 194 g/mol. The average Bonchev–Trinajstić information content (AvgIpc) is 2.59. The van der Waals surface area contributed by atoms with Crippen molar-refractivity contribution in [2.24, 2.45) is 0 Å². The zero-order chi connectivity index (χ0) is 9.26. The monoisotopic (exact) mass is 194 g/mol. The van der Waals surface area contributed by atoms with Crippen LogP contribution in [0.2, 0.25) is 0 Å². The lowest BCUT2D eigenvalue weighted by molar-refractivity contribution is 0.249. The maximum absolute atomic E-state index is 8.95. The smallest absolute Gasteiger partial charge is 0.136 e. The minimum atomic E-state index is -0.0396. The summed E-state index contributed by atoms with van der Waals surface area (Å²) in [5.41, 5.74) is 0. The molecule has 1 heterocycles. The number of furan rings is 1. The lowest BCUT2D eigenvalue weighted by Gasteiger charge is -1.95. The number of hydrogen-bond donors (Lipinski definition) is 1. The number of benzene rings is 1. The van der Waals surface area contributed by atoms with E-state index < -0.39 is 0 Å². The highest BCUT2D eigenvalue weighted by atomic mass is 32.2. The topological polar surface area (TPSA) is 33.4 Å². The molecule has 68 valence electrons. The van der Waals surface area contributed by atoms with Crippen molar-refractivity contribution in [2.45, 2.75) is 11.5 Å². The van der Waals surface area contributed by atoms with Crippen LogP contribution in [0, 0.1) is 0 Å². The Labute approximate surface area is 80.6 Å². The van der Waals surface area contributed by atoms with Gasteiger partial charge < -0.3 is 9.52 Å². The largest absolute Gasteiger partial charge is 0.466 e. The molecule has 0 bridgehead atoms. The Bertz CT molecular complexity index is 420. The summed E-state index contributed by atoms with van der Waals surface area (Å²) in [6, 6.07) is 6.07. The summed E-state index contributed by atoms with van der Waals surface area (Å²) in [5.74, 6) is 0.641. The van der Waals surface area contributed by atoms with E-state index in [0.717, 1.165) is 10.8 Å². The van der Waals surface area contributed by atoms with Crippen LogP contribution < -0.4 is 0 Å². The lowest BCUT2D eigenvalue weighted by atomic mass is 10.2. The molecule has 1 aromatic carbocycles. The molecule has 0 aliphatic heterocycles. The minimum absolute atomic E-state index is 0.0396. The molecule has 13 heavy (non-hydrogen) atoms. The highest BCUT2D eigenvalue weighted by molar-refractivity contribution is 7.98. The van der Waals surface area contributed by atoms with E-state index in [1.807, 2.05) is 18.4 Å². The van der Waals surface area contributed by atoms with Gasteiger partial charge in [0.05, 0.1) is 6.26 Å². The fraction of sp³-hybridized carbons (Fsp3) is 0.200. The van der Waals surface area contributed by atoms with Gasteiger partial charge in [-0.25, -0.2) is 0 Å². The molecule has 0 saturated carbocycles. The molecule has 0 unspecified atom stereocenters. The SMILES string of the molecule is CSc1ccc2c(CO)occ2c1. The van der Waals surface area contributed by atoms with Crippen molar-refractivity contribution in [3.8, 4) is 0 Å². The van der Waals surface area contributed by atoms with Gasteiger partial charge in [-0.2, -0.15) is 0 Å². The highest BCUT2D eigenvalue weighted by Crippen LogP contribution is 2.25. The van der Waals surface area contributed by atoms with Gasteiger partial charge in [0.25, 0.3) is 0 Å². The summed E-state index contributed by atoms with van der Waals surface area (Å²) in [6.45, 7) is -0.0396. The van der Waals surface area contributed by atoms with Crippen LogP contribution in [-0.2, 0) is 6.61 Å².